The van der Waals surface area contributed by atoms with Crippen LogP contribution < -0.4 is 4.74 Å². The van der Waals surface area contributed by atoms with E-state index in [0.29, 0.717) is 37.6 Å². The van der Waals surface area contributed by atoms with E-state index in [4.69, 9.17) is 19.7 Å². The van der Waals surface area contributed by atoms with E-state index in [1.165, 1.54) is 6.07 Å². The summed E-state index contributed by atoms with van der Waals surface area (Å²) in [6, 6.07) is 16.8. The van der Waals surface area contributed by atoms with Crippen molar-refractivity contribution in [1.82, 2.24) is 24.6 Å². The van der Waals surface area contributed by atoms with E-state index in [9.17, 15) is 14.3 Å². The fraction of sp³-hybridized carbons (Fsp3) is 0.290. The van der Waals surface area contributed by atoms with Gasteiger partial charge in [-0.2, -0.15) is 5.26 Å². The first-order valence-corrected chi connectivity index (χ1v) is 13.7. The van der Waals surface area contributed by atoms with E-state index in [1.54, 1.807) is 36.4 Å². The number of nitriles is 1. The predicted molar refractivity (Wildman–Crippen MR) is 152 cm³/mol. The minimum absolute atomic E-state index is 0.00157. The van der Waals surface area contributed by atoms with Gasteiger partial charge >= 0.3 is 5.97 Å². The van der Waals surface area contributed by atoms with Gasteiger partial charge in [-0.15, -0.1) is 0 Å². The van der Waals surface area contributed by atoms with Crippen LogP contribution in [0.2, 0.25) is 0 Å². The number of aromatic carboxylic acids is 1. The Bertz CT molecular complexity index is 1720. The number of ether oxygens (including phenoxy) is 2. The van der Waals surface area contributed by atoms with Crippen LogP contribution in [-0.4, -0.2) is 68.5 Å². The fourth-order valence-corrected chi connectivity index (χ4v) is 5.12. The molecule has 42 heavy (non-hydrogen) atoms. The number of fused-ring (bicyclic) bond motifs is 1. The summed E-state index contributed by atoms with van der Waals surface area (Å²) in [4.78, 5) is 21.1. The van der Waals surface area contributed by atoms with Crippen LogP contribution in [0.4, 0.5) is 4.39 Å². The highest BCUT2D eigenvalue weighted by Crippen LogP contribution is 2.26. The van der Waals surface area contributed by atoms with Gasteiger partial charge in [0.15, 0.2) is 0 Å². The average Bonchev–Trinajstić information content (AvgIpc) is 3.31. The zero-order valence-electron chi connectivity index (χ0n) is 23.0. The van der Waals surface area contributed by atoms with Crippen molar-refractivity contribution in [3.63, 3.8) is 0 Å². The SMILES string of the molecule is CN1CC(c2cccc(OCc3ccc(C#N)cc3F)n2)=CCN1Cc1nc2ccc(C(=O)O)cc2n1C[C@@H]1CCO1. The van der Waals surface area contributed by atoms with Gasteiger partial charge in [-0.05, 0) is 48.4 Å². The third kappa shape index (κ3) is 5.73. The predicted octanol–water partition coefficient (Wildman–Crippen LogP) is 4.25. The van der Waals surface area contributed by atoms with Crippen molar-refractivity contribution < 1.29 is 23.8 Å². The van der Waals surface area contributed by atoms with Crippen LogP contribution >= 0.6 is 0 Å². The van der Waals surface area contributed by atoms with Crippen LogP contribution in [0, 0.1) is 17.1 Å². The number of nitrogens with zero attached hydrogens (tertiary/aromatic N) is 6. The summed E-state index contributed by atoms with van der Waals surface area (Å²) in [5, 5.41) is 22.7. The number of hydrogen-bond acceptors (Lipinski definition) is 8. The maximum absolute atomic E-state index is 14.3. The first kappa shape index (κ1) is 27.5. The summed E-state index contributed by atoms with van der Waals surface area (Å²) in [5.74, 6) is -0.229. The first-order chi connectivity index (χ1) is 20.4. The summed E-state index contributed by atoms with van der Waals surface area (Å²) in [5.41, 5.74) is 4.19. The van der Waals surface area contributed by atoms with Crippen molar-refractivity contribution in [2.24, 2.45) is 0 Å². The lowest BCUT2D eigenvalue weighted by Crippen LogP contribution is -2.44. The third-order valence-electron chi connectivity index (χ3n) is 7.62. The van der Waals surface area contributed by atoms with Crippen LogP contribution in [-0.2, 0) is 24.4 Å². The van der Waals surface area contributed by atoms with Gasteiger partial charge in [0.25, 0.3) is 0 Å². The topological polar surface area (TPSA) is 117 Å². The lowest BCUT2D eigenvalue weighted by molar-refractivity contribution is -0.0599. The molecule has 1 atom stereocenters. The van der Waals surface area contributed by atoms with Gasteiger partial charge in [-0.3, -0.25) is 0 Å². The quantitative estimate of drug-likeness (QED) is 0.316. The Labute approximate surface area is 241 Å². The van der Waals surface area contributed by atoms with Gasteiger partial charge in [0.05, 0.1) is 53.1 Å². The number of benzene rings is 2. The number of imidazole rings is 1. The average molecular weight is 569 g/mol. The summed E-state index contributed by atoms with van der Waals surface area (Å²) in [6.45, 7) is 3.13. The summed E-state index contributed by atoms with van der Waals surface area (Å²) in [7, 11) is 2.01. The van der Waals surface area contributed by atoms with E-state index in [2.05, 4.69) is 25.6 Å². The van der Waals surface area contributed by atoms with Crippen LogP contribution in [0.25, 0.3) is 16.6 Å². The minimum Gasteiger partial charge on any atom is -0.478 e. The molecule has 11 heteroatoms. The lowest BCUT2D eigenvalue weighted by Gasteiger charge is -2.35. The molecule has 0 saturated carbocycles. The van der Waals surface area contributed by atoms with E-state index in [0.717, 1.165) is 41.2 Å². The molecular weight excluding hydrogens is 539 g/mol. The molecule has 0 amide bonds. The molecule has 10 nitrogen and oxygen atoms in total. The third-order valence-corrected chi connectivity index (χ3v) is 7.62. The van der Waals surface area contributed by atoms with Gasteiger partial charge in [0, 0.05) is 38.4 Å². The molecule has 4 heterocycles. The van der Waals surface area contributed by atoms with Crippen LogP contribution in [0.1, 0.15) is 39.4 Å². The molecule has 2 aromatic heterocycles. The molecule has 0 bridgehead atoms. The van der Waals surface area contributed by atoms with Crippen LogP contribution in [0.15, 0.2) is 60.7 Å². The number of rotatable bonds is 9. The molecule has 0 radical (unpaired) electrons. The van der Waals surface area contributed by atoms with Crippen molar-refractivity contribution in [2.75, 3.05) is 26.7 Å². The Balaban J connectivity index is 1.17. The second kappa shape index (κ2) is 11.7. The summed E-state index contributed by atoms with van der Waals surface area (Å²) < 4.78 is 27.8. The van der Waals surface area contributed by atoms with E-state index >= 15 is 0 Å². The molecule has 2 aromatic carbocycles. The smallest absolute Gasteiger partial charge is 0.335 e. The van der Waals surface area contributed by atoms with Crippen molar-refractivity contribution in [3.8, 4) is 11.9 Å². The number of carbonyl (C=O) groups is 1. The lowest BCUT2D eigenvalue weighted by atomic mass is 10.1. The summed E-state index contributed by atoms with van der Waals surface area (Å²) in [6.07, 6.45) is 3.18. The highest BCUT2D eigenvalue weighted by atomic mass is 19.1. The number of likely N-dealkylation sites (N-methyl/N-ethyl adjacent to an activating group) is 1. The van der Waals surface area contributed by atoms with Crippen molar-refractivity contribution in [1.29, 1.82) is 5.26 Å². The van der Waals surface area contributed by atoms with Crippen LogP contribution in [0.3, 0.4) is 0 Å². The van der Waals surface area contributed by atoms with Gasteiger partial charge in [0.1, 0.15) is 18.2 Å². The number of halogens is 1. The molecule has 1 fully saturated rings. The first-order valence-electron chi connectivity index (χ1n) is 13.7. The van der Waals surface area contributed by atoms with Gasteiger partial charge in [-0.25, -0.2) is 29.2 Å². The molecule has 1 N–H and O–H groups in total. The second-order valence-electron chi connectivity index (χ2n) is 10.4. The monoisotopic (exact) mass is 568 g/mol. The Hall–Kier alpha value is -4.63. The molecule has 2 aliphatic rings. The summed E-state index contributed by atoms with van der Waals surface area (Å²) >= 11 is 0. The zero-order valence-corrected chi connectivity index (χ0v) is 23.0. The molecule has 2 aliphatic heterocycles. The number of carboxylic acid groups (broad SMARTS) is 1. The zero-order chi connectivity index (χ0) is 29.2. The van der Waals surface area contributed by atoms with Crippen molar-refractivity contribution >= 4 is 22.6 Å². The maximum atomic E-state index is 14.3. The van der Waals surface area contributed by atoms with E-state index in [-0.39, 0.29) is 23.8 Å². The molecule has 1 saturated heterocycles. The largest absolute Gasteiger partial charge is 0.478 e. The molecule has 6 rings (SSSR count). The fourth-order valence-electron chi connectivity index (χ4n) is 5.12. The highest BCUT2D eigenvalue weighted by Gasteiger charge is 2.25. The Morgan fingerprint density at radius 3 is 2.79 bits per heavy atom. The number of carboxylic acids is 1. The van der Waals surface area contributed by atoms with E-state index < -0.39 is 11.8 Å². The van der Waals surface area contributed by atoms with Gasteiger partial charge < -0.3 is 19.1 Å². The number of pyridine rings is 1. The highest BCUT2D eigenvalue weighted by molar-refractivity contribution is 5.92. The number of hydrazine groups is 1. The standard InChI is InChI=1S/C31H29FN6O4/c1-36-16-22(26-3-2-4-30(35-26)42-19-23-6-5-20(15-33)13-25(23)32)9-11-37(36)18-29-34-27-8-7-21(31(39)40)14-28(27)38(29)17-24-10-12-41-24/h2-9,13-14,24H,10-12,16-19H2,1H3,(H,39,40)/t24-/m0/s1. The van der Waals surface area contributed by atoms with Crippen LogP contribution in [0.5, 0.6) is 5.88 Å². The molecule has 0 spiro atoms. The van der Waals surface area contributed by atoms with Crippen molar-refractivity contribution in [3.05, 3.63) is 94.7 Å². The number of hydrogen-bond donors (Lipinski definition) is 1. The Morgan fingerprint density at radius 2 is 2.07 bits per heavy atom. The van der Waals surface area contributed by atoms with Gasteiger partial charge in [-0.1, -0.05) is 18.2 Å². The molecule has 0 unspecified atom stereocenters. The minimum atomic E-state index is -0.968. The normalized spacial score (nSPS) is 17.5. The Kier molecular flexibility index (Phi) is 7.67. The molecule has 4 aromatic rings. The second-order valence-corrected chi connectivity index (χ2v) is 10.4. The number of aromatic nitrogens is 3. The molecule has 0 aliphatic carbocycles. The van der Waals surface area contributed by atoms with Gasteiger partial charge in [0.2, 0.25) is 5.88 Å². The maximum Gasteiger partial charge on any atom is 0.335 e. The van der Waals surface area contributed by atoms with Crippen molar-refractivity contribution in [2.45, 2.75) is 32.2 Å². The Morgan fingerprint density at radius 1 is 1.21 bits per heavy atom. The van der Waals surface area contributed by atoms with E-state index in [1.807, 2.05) is 25.2 Å². The molecular formula is C31H29FN6O4. The molecule has 214 valence electrons.